The van der Waals surface area contributed by atoms with E-state index >= 15 is 0 Å². The fraction of sp³-hybridized carbons (Fsp3) is 0.304. The normalized spacial score (nSPS) is 10.9. The molecule has 2 N–H and O–H groups in total. The van der Waals surface area contributed by atoms with Gasteiger partial charge in [0.25, 0.3) is 0 Å². The Balaban J connectivity index is 0.00000341. The van der Waals surface area contributed by atoms with Gasteiger partial charge in [0.2, 0.25) is 0 Å². The monoisotopic (exact) mass is 535 g/mol. The van der Waals surface area contributed by atoms with Gasteiger partial charge in [0.05, 0.1) is 19.4 Å². The van der Waals surface area contributed by atoms with Crippen LogP contribution in [0.25, 0.3) is 5.69 Å². The first-order chi connectivity index (χ1) is 14.7. The highest BCUT2D eigenvalue weighted by atomic mass is 127. The summed E-state index contributed by atoms with van der Waals surface area (Å²) in [7, 11) is 3.42. The molecule has 0 spiro atoms. The molecule has 3 rings (SSSR count). The molecule has 0 saturated heterocycles. The summed E-state index contributed by atoms with van der Waals surface area (Å²) in [6.07, 6.45) is 4.61. The van der Waals surface area contributed by atoms with Gasteiger partial charge >= 0.3 is 0 Å². The van der Waals surface area contributed by atoms with E-state index < -0.39 is 0 Å². The molecule has 0 radical (unpaired) electrons. The lowest BCUT2D eigenvalue weighted by atomic mass is 10.1. The van der Waals surface area contributed by atoms with Crippen LogP contribution in [0, 0.1) is 0 Å². The van der Waals surface area contributed by atoms with E-state index in [9.17, 15) is 0 Å². The van der Waals surface area contributed by atoms with E-state index in [1.165, 1.54) is 5.56 Å². The lowest BCUT2D eigenvalue weighted by Gasteiger charge is -2.14. The Kier molecular flexibility index (Phi) is 10.2. The molecular formula is C23H30IN5O2. The van der Waals surface area contributed by atoms with Crippen molar-refractivity contribution in [1.29, 1.82) is 0 Å². The molecule has 31 heavy (non-hydrogen) atoms. The minimum Gasteiger partial charge on any atom is -0.493 e. The van der Waals surface area contributed by atoms with Crippen LogP contribution in [0.1, 0.15) is 18.1 Å². The molecular weight excluding hydrogens is 505 g/mol. The number of guanidine groups is 1. The van der Waals surface area contributed by atoms with Crippen LogP contribution in [0.2, 0.25) is 0 Å². The lowest BCUT2D eigenvalue weighted by molar-refractivity contribution is 0.310. The van der Waals surface area contributed by atoms with Crippen LogP contribution in [-0.4, -0.2) is 43.0 Å². The van der Waals surface area contributed by atoms with Crippen molar-refractivity contribution in [2.45, 2.75) is 19.9 Å². The maximum absolute atomic E-state index is 5.64. The molecule has 2 aromatic carbocycles. The van der Waals surface area contributed by atoms with Gasteiger partial charge in [-0.15, -0.1) is 24.0 Å². The number of rotatable bonds is 9. The summed E-state index contributed by atoms with van der Waals surface area (Å²) in [6, 6.07) is 16.3. The third-order valence-corrected chi connectivity index (χ3v) is 4.62. The molecule has 0 aliphatic heterocycles. The second-order valence-electron chi connectivity index (χ2n) is 6.64. The Labute approximate surface area is 200 Å². The molecule has 166 valence electrons. The number of ether oxygens (including phenoxy) is 2. The number of benzene rings is 2. The van der Waals surface area contributed by atoms with Crippen LogP contribution in [0.3, 0.4) is 0 Å². The highest BCUT2D eigenvalue weighted by molar-refractivity contribution is 14.0. The lowest BCUT2D eigenvalue weighted by Crippen LogP contribution is -2.37. The topological polar surface area (TPSA) is 72.7 Å². The SMILES string of the molecule is CCOc1cc(CNC(=NC)NCCc2ccc(-n3cccn3)cc2)ccc1OC.I. The average molecular weight is 535 g/mol. The summed E-state index contributed by atoms with van der Waals surface area (Å²) in [6.45, 7) is 3.98. The van der Waals surface area contributed by atoms with Crippen LogP contribution in [0.4, 0.5) is 0 Å². The number of nitrogens with one attached hydrogen (secondary N) is 2. The zero-order valence-electron chi connectivity index (χ0n) is 18.2. The first-order valence-electron chi connectivity index (χ1n) is 10.1. The first-order valence-corrected chi connectivity index (χ1v) is 10.1. The van der Waals surface area contributed by atoms with Crippen molar-refractivity contribution in [2.24, 2.45) is 4.99 Å². The zero-order chi connectivity index (χ0) is 21.2. The van der Waals surface area contributed by atoms with Crippen molar-refractivity contribution in [3.8, 4) is 17.2 Å². The Morgan fingerprint density at radius 2 is 1.84 bits per heavy atom. The van der Waals surface area contributed by atoms with Crippen molar-refractivity contribution < 1.29 is 9.47 Å². The molecule has 0 atom stereocenters. The molecule has 1 aromatic heterocycles. The number of halogens is 1. The molecule has 0 unspecified atom stereocenters. The summed E-state index contributed by atoms with van der Waals surface area (Å²) >= 11 is 0. The van der Waals surface area contributed by atoms with E-state index in [1.54, 1.807) is 20.4 Å². The molecule has 0 aliphatic rings. The molecule has 8 heteroatoms. The third-order valence-electron chi connectivity index (χ3n) is 4.62. The summed E-state index contributed by atoms with van der Waals surface area (Å²) in [5, 5.41) is 10.9. The van der Waals surface area contributed by atoms with Gasteiger partial charge in [-0.05, 0) is 54.8 Å². The summed E-state index contributed by atoms with van der Waals surface area (Å²) in [5.41, 5.74) is 3.40. The minimum atomic E-state index is 0. The van der Waals surface area contributed by atoms with Crippen LogP contribution >= 0.6 is 24.0 Å². The Morgan fingerprint density at radius 1 is 1.06 bits per heavy atom. The standard InChI is InChI=1S/C23H29N5O2.HI/c1-4-30-22-16-19(8-11-21(22)29-3)17-26-23(24-2)25-14-12-18-6-9-20(10-7-18)28-15-5-13-27-28;/h5-11,13,15-16H,4,12,14,17H2,1-3H3,(H2,24,25,26);1H. The molecule has 0 amide bonds. The Hall–Kier alpha value is -2.75. The fourth-order valence-corrected chi connectivity index (χ4v) is 3.07. The second-order valence-corrected chi connectivity index (χ2v) is 6.64. The van der Waals surface area contributed by atoms with E-state index in [4.69, 9.17) is 9.47 Å². The molecule has 0 saturated carbocycles. The number of aromatic nitrogens is 2. The zero-order valence-corrected chi connectivity index (χ0v) is 20.5. The van der Waals surface area contributed by atoms with E-state index in [0.717, 1.165) is 41.7 Å². The summed E-state index contributed by atoms with van der Waals surface area (Å²) in [4.78, 5) is 4.30. The number of aliphatic imine (C=N–C) groups is 1. The van der Waals surface area contributed by atoms with Crippen molar-refractivity contribution >= 4 is 29.9 Å². The average Bonchev–Trinajstić information content (AvgIpc) is 3.32. The highest BCUT2D eigenvalue weighted by Crippen LogP contribution is 2.27. The largest absolute Gasteiger partial charge is 0.493 e. The van der Waals surface area contributed by atoms with Crippen molar-refractivity contribution in [1.82, 2.24) is 20.4 Å². The van der Waals surface area contributed by atoms with Gasteiger partial charge in [-0.2, -0.15) is 5.10 Å². The van der Waals surface area contributed by atoms with Gasteiger partial charge in [0, 0.05) is 32.5 Å². The van der Waals surface area contributed by atoms with Crippen LogP contribution in [-0.2, 0) is 13.0 Å². The Bertz CT molecular complexity index is 943. The van der Waals surface area contributed by atoms with Gasteiger partial charge < -0.3 is 20.1 Å². The predicted molar refractivity (Wildman–Crippen MR) is 135 cm³/mol. The van der Waals surface area contributed by atoms with Gasteiger partial charge in [0.15, 0.2) is 17.5 Å². The maximum atomic E-state index is 5.64. The third kappa shape index (κ3) is 7.16. The van der Waals surface area contributed by atoms with E-state index in [-0.39, 0.29) is 24.0 Å². The predicted octanol–water partition coefficient (Wildman–Crippen LogP) is 3.81. The summed E-state index contributed by atoms with van der Waals surface area (Å²) < 4.78 is 12.8. The number of nitrogens with zero attached hydrogens (tertiary/aromatic N) is 3. The molecule has 3 aromatic rings. The molecule has 1 heterocycles. The van der Waals surface area contributed by atoms with Crippen LogP contribution in [0.15, 0.2) is 65.9 Å². The van der Waals surface area contributed by atoms with Crippen molar-refractivity contribution in [3.63, 3.8) is 0 Å². The molecule has 7 nitrogen and oxygen atoms in total. The molecule has 0 bridgehead atoms. The Morgan fingerprint density at radius 3 is 2.48 bits per heavy atom. The van der Waals surface area contributed by atoms with Crippen LogP contribution in [0.5, 0.6) is 11.5 Å². The fourth-order valence-electron chi connectivity index (χ4n) is 3.07. The van der Waals surface area contributed by atoms with E-state index in [2.05, 4.69) is 45.0 Å². The quantitative estimate of drug-likeness (QED) is 0.248. The smallest absolute Gasteiger partial charge is 0.191 e. The molecule has 0 fully saturated rings. The van der Waals surface area contributed by atoms with Crippen LogP contribution < -0.4 is 20.1 Å². The van der Waals surface area contributed by atoms with Gasteiger partial charge in [-0.3, -0.25) is 4.99 Å². The van der Waals surface area contributed by atoms with Crippen molar-refractivity contribution in [2.75, 3.05) is 27.3 Å². The van der Waals surface area contributed by atoms with Gasteiger partial charge in [0.1, 0.15) is 0 Å². The number of hydrogen-bond acceptors (Lipinski definition) is 4. The van der Waals surface area contributed by atoms with Gasteiger partial charge in [-0.25, -0.2) is 4.68 Å². The minimum absolute atomic E-state index is 0. The highest BCUT2D eigenvalue weighted by Gasteiger charge is 2.06. The van der Waals surface area contributed by atoms with E-state index in [0.29, 0.717) is 13.2 Å². The second kappa shape index (κ2) is 12.8. The number of hydrogen-bond donors (Lipinski definition) is 2. The summed E-state index contributed by atoms with van der Waals surface area (Å²) in [5.74, 6) is 2.25. The van der Waals surface area contributed by atoms with Crippen molar-refractivity contribution in [3.05, 3.63) is 72.1 Å². The van der Waals surface area contributed by atoms with E-state index in [1.807, 2.05) is 42.1 Å². The maximum Gasteiger partial charge on any atom is 0.191 e. The number of methoxy groups -OCH3 is 1. The molecule has 0 aliphatic carbocycles. The van der Waals surface area contributed by atoms with Gasteiger partial charge in [-0.1, -0.05) is 18.2 Å². The first kappa shape index (κ1) is 24.5.